The van der Waals surface area contributed by atoms with Crippen LogP contribution in [0.4, 0.5) is 5.13 Å². The first-order chi connectivity index (χ1) is 14.1. The van der Waals surface area contributed by atoms with Crippen molar-refractivity contribution in [1.82, 2.24) is 4.98 Å². The van der Waals surface area contributed by atoms with E-state index in [1.165, 1.54) is 11.3 Å². The Kier molecular flexibility index (Phi) is 5.31. The van der Waals surface area contributed by atoms with Crippen molar-refractivity contribution < 1.29 is 19.1 Å². The Morgan fingerprint density at radius 3 is 2.48 bits per heavy atom. The number of amides is 1. The molecule has 0 radical (unpaired) electrons. The molecule has 0 atom stereocenters. The van der Waals surface area contributed by atoms with E-state index in [4.69, 9.17) is 9.47 Å². The number of ether oxygens (including phenoxy) is 2. The van der Waals surface area contributed by atoms with Crippen LogP contribution in [-0.2, 0) is 19.7 Å². The van der Waals surface area contributed by atoms with Crippen LogP contribution in [0.5, 0.6) is 5.75 Å². The second-order valence-electron chi connectivity index (χ2n) is 6.84. The molecule has 0 unspecified atom stereocenters. The van der Waals surface area contributed by atoms with Gasteiger partial charge in [-0.2, -0.15) is 0 Å². The SMILES string of the molecule is COc1ccc(-c2csc(NC(=O)COC(=O)C3(c4ccccc4)CC3)n2)cc1. The lowest BCUT2D eigenvalue weighted by molar-refractivity contribution is -0.150. The number of esters is 1. The number of methoxy groups -OCH3 is 1. The zero-order valence-corrected chi connectivity index (χ0v) is 16.7. The molecular weight excluding hydrogens is 388 g/mol. The van der Waals surface area contributed by atoms with E-state index in [2.05, 4.69) is 10.3 Å². The summed E-state index contributed by atoms with van der Waals surface area (Å²) in [5, 5.41) is 5.01. The van der Waals surface area contributed by atoms with Crippen LogP contribution in [0.25, 0.3) is 11.3 Å². The maximum Gasteiger partial charge on any atom is 0.317 e. The predicted molar refractivity (Wildman–Crippen MR) is 111 cm³/mol. The maximum absolute atomic E-state index is 12.5. The first-order valence-corrected chi connectivity index (χ1v) is 10.1. The summed E-state index contributed by atoms with van der Waals surface area (Å²) in [7, 11) is 1.61. The molecule has 1 amide bonds. The fourth-order valence-corrected chi connectivity index (χ4v) is 3.88. The van der Waals surface area contributed by atoms with Crippen molar-refractivity contribution in [1.29, 1.82) is 0 Å². The van der Waals surface area contributed by atoms with E-state index in [1.807, 2.05) is 60.0 Å². The number of carbonyl (C=O) groups excluding carboxylic acids is 2. The molecule has 6 nitrogen and oxygen atoms in total. The molecule has 0 aliphatic heterocycles. The van der Waals surface area contributed by atoms with E-state index in [0.29, 0.717) is 5.13 Å². The highest BCUT2D eigenvalue weighted by Crippen LogP contribution is 2.49. The first-order valence-electron chi connectivity index (χ1n) is 9.23. The van der Waals surface area contributed by atoms with Crippen molar-refractivity contribution in [2.45, 2.75) is 18.3 Å². The summed E-state index contributed by atoms with van der Waals surface area (Å²) in [5.74, 6) is 0.0120. The number of anilines is 1. The van der Waals surface area contributed by atoms with Gasteiger partial charge in [0.15, 0.2) is 11.7 Å². The van der Waals surface area contributed by atoms with Crippen LogP contribution < -0.4 is 10.1 Å². The van der Waals surface area contributed by atoms with Crippen LogP contribution in [0.2, 0.25) is 0 Å². The fraction of sp³-hybridized carbons (Fsp3) is 0.227. The molecule has 1 aromatic heterocycles. The van der Waals surface area contributed by atoms with E-state index in [0.717, 1.165) is 35.4 Å². The van der Waals surface area contributed by atoms with Gasteiger partial charge in [-0.25, -0.2) is 4.98 Å². The number of aromatic nitrogens is 1. The Morgan fingerprint density at radius 2 is 1.83 bits per heavy atom. The standard InChI is InChI=1S/C22H20N2O4S/c1-27-17-9-7-15(8-10-17)18-14-29-21(23-18)24-19(25)13-28-20(26)22(11-12-22)16-5-3-2-4-6-16/h2-10,14H,11-13H2,1H3,(H,23,24,25). The van der Waals surface area contributed by atoms with Crippen LogP contribution in [0.15, 0.2) is 60.0 Å². The van der Waals surface area contributed by atoms with Gasteiger partial charge in [0.25, 0.3) is 5.91 Å². The largest absolute Gasteiger partial charge is 0.497 e. The van der Waals surface area contributed by atoms with E-state index in [-0.39, 0.29) is 12.6 Å². The van der Waals surface area contributed by atoms with Crippen molar-refractivity contribution in [3.05, 3.63) is 65.5 Å². The molecular formula is C22H20N2O4S. The molecule has 1 N–H and O–H groups in total. The molecule has 1 heterocycles. The van der Waals surface area contributed by atoms with Gasteiger partial charge in [-0.05, 0) is 42.7 Å². The van der Waals surface area contributed by atoms with Gasteiger partial charge in [-0.1, -0.05) is 30.3 Å². The summed E-state index contributed by atoms with van der Waals surface area (Å²) in [6, 6.07) is 17.1. The molecule has 1 saturated carbocycles. The Labute approximate surface area is 172 Å². The molecule has 0 saturated heterocycles. The topological polar surface area (TPSA) is 77.5 Å². The number of benzene rings is 2. The Balaban J connectivity index is 1.32. The predicted octanol–water partition coefficient (Wildman–Crippen LogP) is 4.03. The molecule has 4 rings (SSSR count). The molecule has 2 aromatic carbocycles. The average Bonchev–Trinajstić information content (AvgIpc) is 3.46. The molecule has 1 aliphatic carbocycles. The molecule has 0 bridgehead atoms. The smallest absolute Gasteiger partial charge is 0.317 e. The lowest BCUT2D eigenvalue weighted by Gasteiger charge is -2.14. The number of hydrogen-bond donors (Lipinski definition) is 1. The van der Waals surface area contributed by atoms with Gasteiger partial charge < -0.3 is 9.47 Å². The van der Waals surface area contributed by atoms with Crippen molar-refractivity contribution in [2.75, 3.05) is 19.0 Å². The summed E-state index contributed by atoms with van der Waals surface area (Å²) >= 11 is 1.32. The van der Waals surface area contributed by atoms with Gasteiger partial charge in [-0.15, -0.1) is 11.3 Å². The van der Waals surface area contributed by atoms with E-state index >= 15 is 0 Å². The van der Waals surface area contributed by atoms with Crippen LogP contribution in [0.1, 0.15) is 18.4 Å². The highest BCUT2D eigenvalue weighted by Gasteiger charge is 2.52. The fourth-order valence-electron chi connectivity index (χ4n) is 3.14. The summed E-state index contributed by atoms with van der Waals surface area (Å²) in [5.41, 5.74) is 2.03. The van der Waals surface area contributed by atoms with Crippen molar-refractivity contribution in [3.8, 4) is 17.0 Å². The number of hydrogen-bond acceptors (Lipinski definition) is 6. The molecule has 148 valence electrons. The minimum absolute atomic E-state index is 0.329. The van der Waals surface area contributed by atoms with Gasteiger partial charge in [0, 0.05) is 10.9 Å². The Morgan fingerprint density at radius 1 is 1.10 bits per heavy atom. The number of rotatable bonds is 7. The van der Waals surface area contributed by atoms with Gasteiger partial charge in [0.2, 0.25) is 0 Å². The van der Waals surface area contributed by atoms with Crippen molar-refractivity contribution in [3.63, 3.8) is 0 Å². The summed E-state index contributed by atoms with van der Waals surface area (Å²) in [4.78, 5) is 29.1. The molecule has 1 fully saturated rings. The lowest BCUT2D eigenvalue weighted by atomic mass is 9.96. The number of nitrogens with zero attached hydrogens (tertiary/aromatic N) is 1. The van der Waals surface area contributed by atoms with Crippen molar-refractivity contribution in [2.24, 2.45) is 0 Å². The van der Waals surface area contributed by atoms with Crippen LogP contribution in [0.3, 0.4) is 0 Å². The van der Waals surface area contributed by atoms with Gasteiger partial charge in [0.1, 0.15) is 5.75 Å². The maximum atomic E-state index is 12.5. The number of thiazole rings is 1. The third-order valence-electron chi connectivity index (χ3n) is 4.94. The van der Waals surface area contributed by atoms with E-state index in [1.54, 1.807) is 7.11 Å². The summed E-state index contributed by atoms with van der Waals surface area (Å²) in [6.07, 6.45) is 1.49. The zero-order chi connectivity index (χ0) is 20.3. The lowest BCUT2D eigenvalue weighted by Crippen LogP contribution is -2.28. The van der Waals surface area contributed by atoms with E-state index < -0.39 is 11.3 Å². The average molecular weight is 408 g/mol. The Bertz CT molecular complexity index is 1010. The van der Waals surface area contributed by atoms with Crippen LogP contribution in [-0.4, -0.2) is 30.6 Å². The molecule has 1 aliphatic rings. The first kappa shape index (κ1) is 19.1. The summed E-state index contributed by atoms with van der Waals surface area (Å²) < 4.78 is 10.4. The quantitative estimate of drug-likeness (QED) is 0.597. The third kappa shape index (κ3) is 4.14. The summed E-state index contributed by atoms with van der Waals surface area (Å²) in [6.45, 7) is -0.329. The number of carbonyl (C=O) groups is 2. The molecule has 3 aromatic rings. The minimum atomic E-state index is -0.593. The van der Waals surface area contributed by atoms with Crippen molar-refractivity contribution >= 4 is 28.3 Å². The Hall–Kier alpha value is -3.19. The monoisotopic (exact) mass is 408 g/mol. The minimum Gasteiger partial charge on any atom is -0.497 e. The van der Waals surface area contributed by atoms with Gasteiger partial charge >= 0.3 is 5.97 Å². The highest BCUT2D eigenvalue weighted by atomic mass is 32.1. The zero-order valence-electron chi connectivity index (χ0n) is 15.9. The number of nitrogens with one attached hydrogen (secondary N) is 1. The molecule has 29 heavy (non-hydrogen) atoms. The van der Waals surface area contributed by atoms with Crippen LogP contribution >= 0.6 is 11.3 Å². The van der Waals surface area contributed by atoms with Crippen LogP contribution in [0, 0.1) is 0 Å². The van der Waals surface area contributed by atoms with E-state index in [9.17, 15) is 9.59 Å². The van der Waals surface area contributed by atoms with Gasteiger partial charge in [0.05, 0.1) is 18.2 Å². The second-order valence-corrected chi connectivity index (χ2v) is 7.70. The third-order valence-corrected chi connectivity index (χ3v) is 5.70. The van der Waals surface area contributed by atoms with Gasteiger partial charge in [-0.3, -0.25) is 14.9 Å². The molecule has 7 heteroatoms. The normalized spacial score (nSPS) is 14.1. The molecule has 0 spiro atoms. The second kappa shape index (κ2) is 8.05. The highest BCUT2D eigenvalue weighted by molar-refractivity contribution is 7.14.